The largest absolute Gasteiger partial charge is 0.489 e. The minimum absolute atomic E-state index is 0.0316. The Morgan fingerprint density at radius 1 is 1.20 bits per heavy atom. The number of benzene rings is 2. The normalized spacial score (nSPS) is 15.3. The van der Waals surface area contributed by atoms with Gasteiger partial charge < -0.3 is 10.1 Å². The number of nitro groups is 1. The third-order valence-corrected chi connectivity index (χ3v) is 4.57. The van der Waals surface area contributed by atoms with Crippen molar-refractivity contribution in [3.8, 4) is 5.75 Å². The highest BCUT2D eigenvalue weighted by Gasteiger charge is 2.21. The number of para-hydroxylation sites is 1. The predicted molar refractivity (Wildman–Crippen MR) is 100 cm³/mol. The van der Waals surface area contributed by atoms with E-state index in [9.17, 15) is 14.9 Å². The molecule has 8 heteroatoms. The summed E-state index contributed by atoms with van der Waals surface area (Å²) in [6.45, 7) is 0.101. The maximum absolute atomic E-state index is 11.6. The molecular formula is C17H12N2O4S2. The summed E-state index contributed by atoms with van der Waals surface area (Å²) in [6.07, 6.45) is 1.74. The predicted octanol–water partition coefficient (Wildman–Crippen LogP) is 3.66. The van der Waals surface area contributed by atoms with Gasteiger partial charge in [0.25, 0.3) is 11.6 Å². The van der Waals surface area contributed by atoms with Crippen LogP contribution in [-0.4, -0.2) is 15.2 Å². The number of ether oxygens (including phenoxy) is 1. The highest BCUT2D eigenvalue weighted by Crippen LogP contribution is 2.26. The van der Waals surface area contributed by atoms with Crippen molar-refractivity contribution in [3.63, 3.8) is 0 Å². The van der Waals surface area contributed by atoms with Crippen LogP contribution in [0.4, 0.5) is 5.69 Å². The van der Waals surface area contributed by atoms with Crippen LogP contribution in [0.25, 0.3) is 6.08 Å². The first-order valence-corrected chi connectivity index (χ1v) is 8.45. The first-order chi connectivity index (χ1) is 12.0. The minimum Gasteiger partial charge on any atom is -0.489 e. The lowest BCUT2D eigenvalue weighted by atomic mass is 10.2. The highest BCUT2D eigenvalue weighted by atomic mass is 32.2. The van der Waals surface area contributed by atoms with Crippen molar-refractivity contribution in [3.05, 3.63) is 74.7 Å². The van der Waals surface area contributed by atoms with Crippen molar-refractivity contribution in [1.82, 2.24) is 5.32 Å². The number of carbonyl (C=O) groups excluding carboxylic acids is 1. The van der Waals surface area contributed by atoms with Crippen molar-refractivity contribution in [2.45, 2.75) is 6.61 Å². The van der Waals surface area contributed by atoms with E-state index in [1.807, 2.05) is 0 Å². The molecule has 6 nitrogen and oxygen atoms in total. The molecule has 2 aromatic carbocycles. The third kappa shape index (κ3) is 4.23. The molecule has 3 rings (SSSR count). The van der Waals surface area contributed by atoms with E-state index in [2.05, 4.69) is 5.32 Å². The van der Waals surface area contributed by atoms with Crippen LogP contribution in [0.1, 0.15) is 11.1 Å². The number of hydrogen-bond donors (Lipinski definition) is 1. The van der Waals surface area contributed by atoms with Gasteiger partial charge in [-0.3, -0.25) is 14.9 Å². The molecule has 1 amide bonds. The maximum Gasteiger partial charge on any atom is 0.276 e. The quantitative estimate of drug-likeness (QED) is 0.373. The van der Waals surface area contributed by atoms with E-state index in [0.717, 1.165) is 5.56 Å². The molecule has 1 saturated heterocycles. The lowest BCUT2D eigenvalue weighted by Gasteiger charge is -2.07. The van der Waals surface area contributed by atoms with Crippen LogP contribution in [0.2, 0.25) is 0 Å². The van der Waals surface area contributed by atoms with E-state index in [4.69, 9.17) is 17.0 Å². The van der Waals surface area contributed by atoms with Gasteiger partial charge >= 0.3 is 0 Å². The number of thiocarbonyl (C=S) groups is 1. The maximum atomic E-state index is 11.6. The van der Waals surface area contributed by atoms with Crippen LogP contribution in [-0.2, 0) is 11.4 Å². The fourth-order valence-corrected chi connectivity index (χ4v) is 3.25. The molecule has 0 bridgehead atoms. The minimum atomic E-state index is -0.428. The van der Waals surface area contributed by atoms with Gasteiger partial charge in [0.2, 0.25) is 0 Å². The summed E-state index contributed by atoms with van der Waals surface area (Å²) in [6, 6.07) is 13.6. The molecule has 1 fully saturated rings. The molecule has 1 heterocycles. The molecule has 0 saturated carbocycles. The smallest absolute Gasteiger partial charge is 0.276 e. The van der Waals surface area contributed by atoms with Gasteiger partial charge in [0.05, 0.1) is 15.4 Å². The summed E-state index contributed by atoms with van der Waals surface area (Å²) >= 11 is 6.16. The molecule has 25 heavy (non-hydrogen) atoms. The Bertz CT molecular complexity index is 878. The lowest BCUT2D eigenvalue weighted by Crippen LogP contribution is -2.17. The molecule has 0 aliphatic carbocycles. The van der Waals surface area contributed by atoms with Crippen LogP contribution in [0.5, 0.6) is 5.75 Å². The fraction of sp³-hybridized carbons (Fsp3) is 0.0588. The van der Waals surface area contributed by atoms with Crippen molar-refractivity contribution in [2.24, 2.45) is 0 Å². The van der Waals surface area contributed by atoms with E-state index >= 15 is 0 Å². The molecule has 0 aromatic heterocycles. The molecule has 1 aliphatic rings. The SMILES string of the molecule is O=C1NC(=S)SC1=Cc1ccc(OCc2ccccc2[N+](=O)[O-])cc1. The zero-order valence-electron chi connectivity index (χ0n) is 12.8. The fourth-order valence-electron chi connectivity index (χ4n) is 2.20. The molecule has 126 valence electrons. The van der Waals surface area contributed by atoms with E-state index in [0.29, 0.717) is 20.5 Å². The van der Waals surface area contributed by atoms with Gasteiger partial charge in [-0.25, -0.2) is 0 Å². The number of nitrogens with zero attached hydrogens (tertiary/aromatic N) is 1. The number of nitrogens with one attached hydrogen (secondary N) is 1. The monoisotopic (exact) mass is 372 g/mol. The van der Waals surface area contributed by atoms with Gasteiger partial charge in [0.1, 0.15) is 16.7 Å². The van der Waals surface area contributed by atoms with E-state index < -0.39 is 4.92 Å². The van der Waals surface area contributed by atoms with Gasteiger partial charge in [0.15, 0.2) is 0 Å². The average Bonchev–Trinajstić information content (AvgIpc) is 2.91. The van der Waals surface area contributed by atoms with Crippen LogP contribution < -0.4 is 10.1 Å². The summed E-state index contributed by atoms with van der Waals surface area (Å²) in [5.74, 6) is 0.381. The number of thioether (sulfide) groups is 1. The molecule has 2 aromatic rings. The van der Waals surface area contributed by atoms with Crippen molar-refractivity contribution >= 4 is 46.0 Å². The Labute approximate surface area is 153 Å². The standard InChI is InChI=1S/C17H12N2O4S2/c20-16-15(25-17(24)18-16)9-11-5-7-13(8-6-11)23-10-12-3-1-2-4-14(12)19(21)22/h1-9H,10H2,(H,18,20,24). The summed E-state index contributed by atoms with van der Waals surface area (Å²) in [4.78, 5) is 22.7. The molecule has 1 aliphatic heterocycles. The topological polar surface area (TPSA) is 81.5 Å². The van der Waals surface area contributed by atoms with Crippen molar-refractivity contribution < 1.29 is 14.5 Å². The second-order valence-electron chi connectivity index (χ2n) is 5.10. The molecule has 0 spiro atoms. The zero-order valence-corrected chi connectivity index (χ0v) is 14.4. The van der Waals surface area contributed by atoms with Gasteiger partial charge in [-0.05, 0) is 29.8 Å². The number of amides is 1. The van der Waals surface area contributed by atoms with Crippen LogP contribution in [0.15, 0.2) is 53.4 Å². The lowest BCUT2D eigenvalue weighted by molar-refractivity contribution is -0.385. The second kappa shape index (κ2) is 7.45. The number of hydrogen-bond acceptors (Lipinski definition) is 6. The average molecular weight is 372 g/mol. The van der Waals surface area contributed by atoms with Crippen LogP contribution >= 0.6 is 24.0 Å². The second-order valence-corrected chi connectivity index (χ2v) is 6.81. The third-order valence-electron chi connectivity index (χ3n) is 3.40. The van der Waals surface area contributed by atoms with Gasteiger partial charge in [0, 0.05) is 6.07 Å². The Balaban J connectivity index is 1.68. The van der Waals surface area contributed by atoms with E-state index in [1.165, 1.54) is 17.8 Å². The zero-order chi connectivity index (χ0) is 17.8. The molecule has 0 radical (unpaired) electrons. The Morgan fingerprint density at radius 2 is 1.92 bits per heavy atom. The number of rotatable bonds is 5. The molecular weight excluding hydrogens is 360 g/mol. The Hall–Kier alpha value is -2.71. The molecule has 1 N–H and O–H groups in total. The van der Waals surface area contributed by atoms with Crippen molar-refractivity contribution in [2.75, 3.05) is 0 Å². The van der Waals surface area contributed by atoms with Crippen LogP contribution in [0, 0.1) is 10.1 Å². The Kier molecular flexibility index (Phi) is 5.11. The summed E-state index contributed by atoms with van der Waals surface area (Å²) in [7, 11) is 0. The summed E-state index contributed by atoms with van der Waals surface area (Å²) < 4.78 is 6.06. The number of nitro benzene ring substituents is 1. The highest BCUT2D eigenvalue weighted by molar-refractivity contribution is 8.26. The van der Waals surface area contributed by atoms with Crippen LogP contribution in [0.3, 0.4) is 0 Å². The summed E-state index contributed by atoms with van der Waals surface area (Å²) in [5.41, 5.74) is 1.37. The number of carbonyl (C=O) groups is 1. The van der Waals surface area contributed by atoms with Crippen molar-refractivity contribution in [1.29, 1.82) is 0 Å². The Morgan fingerprint density at radius 3 is 2.56 bits per heavy atom. The van der Waals surface area contributed by atoms with Gasteiger partial charge in [-0.2, -0.15) is 0 Å². The first kappa shape index (κ1) is 17.1. The van der Waals surface area contributed by atoms with E-state index in [1.54, 1.807) is 48.5 Å². The van der Waals surface area contributed by atoms with E-state index in [-0.39, 0.29) is 18.2 Å². The first-order valence-electron chi connectivity index (χ1n) is 7.23. The molecule has 0 unspecified atom stereocenters. The van der Waals surface area contributed by atoms with Gasteiger partial charge in [-0.15, -0.1) is 0 Å². The molecule has 0 atom stereocenters. The van der Waals surface area contributed by atoms with Gasteiger partial charge in [-0.1, -0.05) is 48.2 Å². The summed E-state index contributed by atoms with van der Waals surface area (Å²) in [5, 5.41) is 13.6.